The Morgan fingerprint density at radius 1 is 0.950 bits per heavy atom. The van der Waals surface area contributed by atoms with Gasteiger partial charge in [-0.1, -0.05) is 84.7 Å². The molecule has 0 unspecified atom stereocenters. The second-order valence-corrected chi connectivity index (χ2v) is 5.03. The SMILES string of the molecule is CC.CC.CCC1(CC)CC(OCc2ccccc2)C1. The fourth-order valence-corrected chi connectivity index (χ4v) is 2.64. The van der Waals surface area contributed by atoms with Gasteiger partial charge in [-0.25, -0.2) is 0 Å². The fraction of sp³-hybridized carbons (Fsp3) is 0.684. The largest absolute Gasteiger partial charge is 0.374 e. The van der Waals surface area contributed by atoms with Crippen LogP contribution in [-0.2, 0) is 11.3 Å². The van der Waals surface area contributed by atoms with E-state index >= 15 is 0 Å². The van der Waals surface area contributed by atoms with Gasteiger partial charge in [-0.05, 0) is 23.8 Å². The van der Waals surface area contributed by atoms with Crippen LogP contribution in [0.2, 0.25) is 0 Å². The molecular weight excluding hydrogens is 244 g/mol. The minimum absolute atomic E-state index is 0.500. The quantitative estimate of drug-likeness (QED) is 0.621. The molecule has 0 amide bonds. The van der Waals surface area contributed by atoms with E-state index in [2.05, 4.69) is 38.1 Å². The van der Waals surface area contributed by atoms with Crippen molar-refractivity contribution >= 4 is 0 Å². The van der Waals surface area contributed by atoms with Crippen LogP contribution in [0, 0.1) is 5.41 Å². The molecule has 1 nitrogen and oxygen atoms in total. The standard InChI is InChI=1S/C15H22O.2C2H6/c1-3-15(4-2)10-14(11-15)16-12-13-8-6-5-7-9-13;2*1-2/h5-9,14H,3-4,10-12H2,1-2H3;2*1-2H3. The molecule has 0 heterocycles. The average Bonchev–Trinajstić information content (AvgIpc) is 2.52. The molecule has 20 heavy (non-hydrogen) atoms. The van der Waals surface area contributed by atoms with Crippen molar-refractivity contribution in [2.75, 3.05) is 0 Å². The first kappa shape index (κ1) is 19.2. The third-order valence-corrected chi connectivity index (χ3v) is 4.15. The molecule has 0 aromatic heterocycles. The Morgan fingerprint density at radius 2 is 1.45 bits per heavy atom. The molecule has 116 valence electrons. The highest BCUT2D eigenvalue weighted by Crippen LogP contribution is 2.48. The maximum absolute atomic E-state index is 5.92. The second kappa shape index (κ2) is 10.9. The van der Waals surface area contributed by atoms with Crippen molar-refractivity contribution in [2.24, 2.45) is 5.41 Å². The minimum Gasteiger partial charge on any atom is -0.374 e. The number of benzene rings is 1. The lowest BCUT2D eigenvalue weighted by molar-refractivity contribution is -0.0918. The van der Waals surface area contributed by atoms with Crippen LogP contribution in [-0.4, -0.2) is 6.10 Å². The van der Waals surface area contributed by atoms with Gasteiger partial charge in [0.1, 0.15) is 0 Å². The summed E-state index contributed by atoms with van der Waals surface area (Å²) in [5.41, 5.74) is 1.88. The van der Waals surface area contributed by atoms with Crippen LogP contribution in [0.1, 0.15) is 72.8 Å². The summed E-state index contributed by atoms with van der Waals surface area (Å²) in [6.07, 6.45) is 5.61. The molecule has 0 atom stereocenters. The van der Waals surface area contributed by atoms with Crippen molar-refractivity contribution in [3.05, 3.63) is 35.9 Å². The molecule has 1 fully saturated rings. The Morgan fingerprint density at radius 3 is 1.90 bits per heavy atom. The highest BCUT2D eigenvalue weighted by molar-refractivity contribution is 5.13. The van der Waals surface area contributed by atoms with Crippen molar-refractivity contribution in [2.45, 2.75) is 79.9 Å². The lowest BCUT2D eigenvalue weighted by Crippen LogP contribution is -2.41. The first-order valence-electron chi connectivity index (χ1n) is 8.43. The molecule has 0 bridgehead atoms. The van der Waals surface area contributed by atoms with E-state index in [-0.39, 0.29) is 0 Å². The van der Waals surface area contributed by atoms with Crippen LogP contribution in [0.3, 0.4) is 0 Å². The van der Waals surface area contributed by atoms with Gasteiger partial charge < -0.3 is 4.74 Å². The third kappa shape index (κ3) is 5.66. The summed E-state index contributed by atoms with van der Waals surface area (Å²) in [6, 6.07) is 10.5. The van der Waals surface area contributed by atoms with E-state index in [1.807, 2.05) is 33.8 Å². The molecule has 1 aromatic rings. The fourth-order valence-electron chi connectivity index (χ4n) is 2.64. The van der Waals surface area contributed by atoms with Crippen molar-refractivity contribution in [3.8, 4) is 0 Å². The summed E-state index contributed by atoms with van der Waals surface area (Å²) in [5.74, 6) is 0. The van der Waals surface area contributed by atoms with Crippen LogP contribution in [0.5, 0.6) is 0 Å². The summed E-state index contributed by atoms with van der Waals surface area (Å²) in [7, 11) is 0. The molecular formula is C19H34O. The predicted molar refractivity (Wildman–Crippen MR) is 90.0 cm³/mol. The molecule has 2 rings (SSSR count). The zero-order chi connectivity index (χ0) is 15.4. The Kier molecular flexibility index (Phi) is 10.5. The first-order chi connectivity index (χ1) is 9.78. The number of hydrogen-bond acceptors (Lipinski definition) is 1. The number of hydrogen-bond donors (Lipinski definition) is 0. The van der Waals surface area contributed by atoms with E-state index < -0.39 is 0 Å². The van der Waals surface area contributed by atoms with Gasteiger partial charge in [0.25, 0.3) is 0 Å². The van der Waals surface area contributed by atoms with Gasteiger partial charge in [0.15, 0.2) is 0 Å². The lowest BCUT2D eigenvalue weighted by atomic mass is 9.63. The molecule has 1 heteroatoms. The molecule has 0 saturated heterocycles. The van der Waals surface area contributed by atoms with Gasteiger partial charge in [0.05, 0.1) is 12.7 Å². The summed E-state index contributed by atoms with van der Waals surface area (Å²) in [6.45, 7) is 13.4. The van der Waals surface area contributed by atoms with E-state index in [4.69, 9.17) is 4.74 Å². The van der Waals surface area contributed by atoms with Crippen LogP contribution in [0.25, 0.3) is 0 Å². The molecule has 1 aliphatic carbocycles. The molecule has 0 radical (unpaired) electrons. The van der Waals surface area contributed by atoms with Crippen LogP contribution in [0.4, 0.5) is 0 Å². The van der Waals surface area contributed by atoms with Crippen LogP contribution < -0.4 is 0 Å². The molecule has 0 aliphatic heterocycles. The van der Waals surface area contributed by atoms with E-state index in [0.29, 0.717) is 11.5 Å². The van der Waals surface area contributed by atoms with Gasteiger partial charge in [0, 0.05) is 0 Å². The van der Waals surface area contributed by atoms with Crippen molar-refractivity contribution in [3.63, 3.8) is 0 Å². The Balaban J connectivity index is 0.000000829. The molecule has 1 aromatic carbocycles. The minimum atomic E-state index is 0.500. The van der Waals surface area contributed by atoms with E-state index in [1.165, 1.54) is 31.2 Å². The monoisotopic (exact) mass is 278 g/mol. The van der Waals surface area contributed by atoms with Crippen LogP contribution >= 0.6 is 0 Å². The zero-order valence-corrected chi connectivity index (χ0v) is 14.4. The first-order valence-corrected chi connectivity index (χ1v) is 8.43. The molecule has 1 saturated carbocycles. The smallest absolute Gasteiger partial charge is 0.0720 e. The van der Waals surface area contributed by atoms with Gasteiger partial charge in [-0.15, -0.1) is 0 Å². The Hall–Kier alpha value is -0.820. The van der Waals surface area contributed by atoms with Crippen molar-refractivity contribution < 1.29 is 4.74 Å². The second-order valence-electron chi connectivity index (χ2n) is 5.03. The molecule has 0 spiro atoms. The van der Waals surface area contributed by atoms with Gasteiger partial charge in [0.2, 0.25) is 0 Å². The Bertz CT molecular complexity index is 306. The van der Waals surface area contributed by atoms with Gasteiger partial charge >= 0.3 is 0 Å². The number of rotatable bonds is 5. The van der Waals surface area contributed by atoms with Crippen molar-refractivity contribution in [1.82, 2.24) is 0 Å². The van der Waals surface area contributed by atoms with E-state index in [9.17, 15) is 0 Å². The summed E-state index contributed by atoms with van der Waals surface area (Å²) >= 11 is 0. The topological polar surface area (TPSA) is 9.23 Å². The van der Waals surface area contributed by atoms with Crippen molar-refractivity contribution in [1.29, 1.82) is 0 Å². The van der Waals surface area contributed by atoms with E-state index in [1.54, 1.807) is 0 Å². The third-order valence-electron chi connectivity index (χ3n) is 4.15. The van der Waals surface area contributed by atoms with E-state index in [0.717, 1.165) is 6.61 Å². The predicted octanol–water partition coefficient (Wildman–Crippen LogP) is 6.22. The molecule has 1 aliphatic rings. The summed E-state index contributed by atoms with van der Waals surface area (Å²) in [5, 5.41) is 0. The van der Waals surface area contributed by atoms with Gasteiger partial charge in [-0.2, -0.15) is 0 Å². The number of ether oxygens (including phenoxy) is 1. The highest BCUT2D eigenvalue weighted by atomic mass is 16.5. The van der Waals surface area contributed by atoms with Gasteiger partial charge in [-0.3, -0.25) is 0 Å². The molecule has 0 N–H and O–H groups in total. The summed E-state index contributed by atoms with van der Waals surface area (Å²) in [4.78, 5) is 0. The lowest BCUT2D eigenvalue weighted by Gasteiger charge is -2.46. The zero-order valence-electron chi connectivity index (χ0n) is 14.4. The Labute approximate surface area is 126 Å². The highest BCUT2D eigenvalue weighted by Gasteiger charge is 2.41. The summed E-state index contributed by atoms with van der Waals surface area (Å²) < 4.78 is 5.92. The normalized spacial score (nSPS) is 16.1. The maximum Gasteiger partial charge on any atom is 0.0720 e. The average molecular weight is 278 g/mol. The van der Waals surface area contributed by atoms with Crippen LogP contribution in [0.15, 0.2) is 30.3 Å². The maximum atomic E-state index is 5.92.